The molecule has 28 heavy (non-hydrogen) atoms. The van der Waals surface area contributed by atoms with Crippen molar-refractivity contribution in [3.05, 3.63) is 54.6 Å². The summed E-state index contributed by atoms with van der Waals surface area (Å²) >= 11 is 1.27. The van der Waals surface area contributed by atoms with E-state index in [1.54, 1.807) is 36.2 Å². The van der Waals surface area contributed by atoms with Crippen molar-refractivity contribution in [1.82, 2.24) is 25.1 Å². The van der Waals surface area contributed by atoms with Crippen LogP contribution in [0.1, 0.15) is 6.42 Å². The average molecular weight is 401 g/mol. The molecule has 1 aromatic carbocycles. The van der Waals surface area contributed by atoms with E-state index in [1.807, 2.05) is 12.1 Å². The topological polar surface area (TPSA) is 81.9 Å². The molecule has 2 aromatic heterocycles. The van der Waals surface area contributed by atoms with Crippen molar-refractivity contribution < 1.29 is 13.9 Å². The Morgan fingerprint density at radius 3 is 2.64 bits per heavy atom. The standard InChI is InChI=1S/C19H20FN5O2S/c1-27-12-2-9-22-17(26)13-28-19-24-23-18(14-7-10-21-11-8-14)25(19)16-5-3-15(20)4-6-16/h3-8,10-11H,2,9,12-13H2,1H3,(H,22,26). The molecule has 0 aliphatic carbocycles. The lowest BCUT2D eigenvalue weighted by atomic mass is 10.2. The number of ether oxygens (including phenoxy) is 1. The van der Waals surface area contributed by atoms with Crippen LogP contribution in [0.25, 0.3) is 17.1 Å². The summed E-state index contributed by atoms with van der Waals surface area (Å²) in [7, 11) is 1.63. The minimum Gasteiger partial charge on any atom is -0.385 e. The predicted octanol–water partition coefficient (Wildman–Crippen LogP) is 2.71. The highest BCUT2D eigenvalue weighted by Gasteiger charge is 2.17. The molecule has 1 amide bonds. The first-order valence-corrected chi connectivity index (χ1v) is 9.68. The van der Waals surface area contributed by atoms with E-state index in [9.17, 15) is 9.18 Å². The first-order valence-electron chi connectivity index (χ1n) is 8.69. The summed E-state index contributed by atoms with van der Waals surface area (Å²) in [6.45, 7) is 1.15. The van der Waals surface area contributed by atoms with E-state index in [0.717, 1.165) is 12.0 Å². The predicted molar refractivity (Wildman–Crippen MR) is 105 cm³/mol. The molecule has 1 N–H and O–H groups in total. The quantitative estimate of drug-likeness (QED) is 0.439. The molecule has 0 atom stereocenters. The van der Waals surface area contributed by atoms with Gasteiger partial charge in [-0.2, -0.15) is 0 Å². The molecule has 9 heteroatoms. The fraction of sp³-hybridized carbons (Fsp3) is 0.263. The number of thioether (sulfide) groups is 1. The molecule has 0 fully saturated rings. The summed E-state index contributed by atoms with van der Waals surface area (Å²) in [4.78, 5) is 16.1. The van der Waals surface area contributed by atoms with Crippen LogP contribution in [0.5, 0.6) is 0 Å². The highest BCUT2D eigenvalue weighted by atomic mass is 32.2. The van der Waals surface area contributed by atoms with Crippen LogP contribution in [0.15, 0.2) is 53.9 Å². The van der Waals surface area contributed by atoms with Gasteiger partial charge in [0.25, 0.3) is 0 Å². The maximum atomic E-state index is 13.4. The molecule has 0 radical (unpaired) electrons. The molecule has 0 saturated carbocycles. The number of benzene rings is 1. The Kier molecular flexibility index (Phi) is 7.10. The largest absolute Gasteiger partial charge is 0.385 e. The van der Waals surface area contributed by atoms with E-state index >= 15 is 0 Å². The van der Waals surface area contributed by atoms with Gasteiger partial charge in [-0.1, -0.05) is 11.8 Å². The van der Waals surface area contributed by atoms with Crippen LogP contribution >= 0.6 is 11.8 Å². The first-order chi connectivity index (χ1) is 13.7. The molecule has 0 spiro atoms. The van der Waals surface area contributed by atoms with E-state index in [1.165, 1.54) is 23.9 Å². The number of methoxy groups -OCH3 is 1. The van der Waals surface area contributed by atoms with E-state index < -0.39 is 0 Å². The lowest BCUT2D eigenvalue weighted by molar-refractivity contribution is -0.118. The highest BCUT2D eigenvalue weighted by molar-refractivity contribution is 7.99. The Bertz CT molecular complexity index is 902. The van der Waals surface area contributed by atoms with E-state index in [0.29, 0.717) is 29.8 Å². The summed E-state index contributed by atoms with van der Waals surface area (Å²) in [5, 5.41) is 11.9. The van der Waals surface area contributed by atoms with Gasteiger partial charge in [0, 0.05) is 43.9 Å². The lowest BCUT2D eigenvalue weighted by Crippen LogP contribution is -2.26. The summed E-state index contributed by atoms with van der Waals surface area (Å²) in [5.74, 6) is 0.368. The third-order valence-corrected chi connectivity index (χ3v) is 4.77. The Balaban J connectivity index is 1.80. The summed E-state index contributed by atoms with van der Waals surface area (Å²) in [6.07, 6.45) is 4.09. The third-order valence-electron chi connectivity index (χ3n) is 3.84. The second-order valence-corrected chi connectivity index (χ2v) is 6.78. The Morgan fingerprint density at radius 2 is 1.93 bits per heavy atom. The van der Waals surface area contributed by atoms with Crippen LogP contribution < -0.4 is 5.32 Å². The summed E-state index contributed by atoms with van der Waals surface area (Å²) < 4.78 is 20.1. The number of pyridine rings is 1. The molecule has 146 valence electrons. The smallest absolute Gasteiger partial charge is 0.230 e. The van der Waals surface area contributed by atoms with Gasteiger partial charge in [0.15, 0.2) is 11.0 Å². The van der Waals surface area contributed by atoms with E-state index in [-0.39, 0.29) is 17.5 Å². The zero-order valence-corrected chi connectivity index (χ0v) is 16.2. The zero-order chi connectivity index (χ0) is 19.8. The second kappa shape index (κ2) is 9.95. The van der Waals surface area contributed by atoms with Crippen molar-refractivity contribution in [3.8, 4) is 17.1 Å². The summed E-state index contributed by atoms with van der Waals surface area (Å²) in [5.41, 5.74) is 1.53. The van der Waals surface area contributed by atoms with Crippen molar-refractivity contribution in [2.75, 3.05) is 26.0 Å². The van der Waals surface area contributed by atoms with Gasteiger partial charge in [-0.25, -0.2) is 4.39 Å². The van der Waals surface area contributed by atoms with Gasteiger partial charge in [0.2, 0.25) is 5.91 Å². The molecule has 0 aliphatic heterocycles. The minimum atomic E-state index is -0.327. The second-order valence-electron chi connectivity index (χ2n) is 5.84. The molecule has 0 saturated heterocycles. The molecule has 3 rings (SSSR count). The number of amides is 1. The number of nitrogens with zero attached hydrogens (tertiary/aromatic N) is 4. The van der Waals surface area contributed by atoms with Gasteiger partial charge in [-0.05, 0) is 42.8 Å². The van der Waals surface area contributed by atoms with Gasteiger partial charge in [-0.15, -0.1) is 10.2 Å². The normalized spacial score (nSPS) is 10.8. The number of aromatic nitrogens is 4. The first kappa shape index (κ1) is 20.0. The molecule has 0 aliphatic rings. The number of rotatable bonds is 9. The van der Waals surface area contributed by atoms with Crippen molar-refractivity contribution in [2.24, 2.45) is 0 Å². The molecule has 0 bridgehead atoms. The number of hydrogen-bond acceptors (Lipinski definition) is 6. The van der Waals surface area contributed by atoms with Crippen LogP contribution in [-0.4, -0.2) is 51.7 Å². The van der Waals surface area contributed by atoms with Crippen molar-refractivity contribution >= 4 is 17.7 Å². The van der Waals surface area contributed by atoms with Gasteiger partial charge in [0.1, 0.15) is 5.82 Å². The Labute approximate surface area is 166 Å². The SMILES string of the molecule is COCCCNC(=O)CSc1nnc(-c2ccncc2)n1-c1ccc(F)cc1. The molecular weight excluding hydrogens is 381 g/mol. The Morgan fingerprint density at radius 1 is 1.18 bits per heavy atom. The van der Waals surface area contributed by atoms with Crippen molar-refractivity contribution in [1.29, 1.82) is 0 Å². The van der Waals surface area contributed by atoms with Crippen LogP contribution in [-0.2, 0) is 9.53 Å². The van der Waals surface area contributed by atoms with Crippen LogP contribution in [0.4, 0.5) is 4.39 Å². The van der Waals surface area contributed by atoms with Crippen LogP contribution in [0, 0.1) is 5.82 Å². The number of carbonyl (C=O) groups excluding carboxylic acids is 1. The number of halogens is 1. The van der Waals surface area contributed by atoms with E-state index in [2.05, 4.69) is 20.5 Å². The third kappa shape index (κ3) is 5.14. The van der Waals surface area contributed by atoms with Crippen molar-refractivity contribution in [3.63, 3.8) is 0 Å². The number of nitrogens with one attached hydrogen (secondary N) is 1. The zero-order valence-electron chi connectivity index (χ0n) is 15.3. The number of carbonyl (C=O) groups is 1. The van der Waals surface area contributed by atoms with Crippen LogP contribution in [0.2, 0.25) is 0 Å². The fourth-order valence-electron chi connectivity index (χ4n) is 2.50. The van der Waals surface area contributed by atoms with Gasteiger partial charge >= 0.3 is 0 Å². The Hall–Kier alpha value is -2.78. The maximum absolute atomic E-state index is 13.4. The summed E-state index contributed by atoms with van der Waals surface area (Å²) in [6, 6.07) is 9.70. The van der Waals surface area contributed by atoms with Gasteiger partial charge < -0.3 is 10.1 Å². The maximum Gasteiger partial charge on any atom is 0.230 e. The fourth-order valence-corrected chi connectivity index (χ4v) is 3.28. The molecule has 7 nitrogen and oxygen atoms in total. The monoisotopic (exact) mass is 401 g/mol. The number of hydrogen-bond donors (Lipinski definition) is 1. The van der Waals surface area contributed by atoms with E-state index in [4.69, 9.17) is 4.74 Å². The van der Waals surface area contributed by atoms with Gasteiger partial charge in [-0.3, -0.25) is 14.3 Å². The molecule has 3 aromatic rings. The average Bonchev–Trinajstić information content (AvgIpc) is 3.15. The lowest BCUT2D eigenvalue weighted by Gasteiger charge is -2.10. The van der Waals surface area contributed by atoms with Gasteiger partial charge in [0.05, 0.1) is 5.75 Å². The van der Waals surface area contributed by atoms with Crippen LogP contribution in [0.3, 0.4) is 0 Å². The molecule has 2 heterocycles. The molecular formula is C19H20FN5O2S. The highest BCUT2D eigenvalue weighted by Crippen LogP contribution is 2.27. The molecule has 0 unspecified atom stereocenters. The minimum absolute atomic E-state index is 0.0970. The van der Waals surface area contributed by atoms with Crippen molar-refractivity contribution in [2.45, 2.75) is 11.6 Å².